The fraction of sp³-hybridized carbons (Fsp3) is 0.692. The van der Waals surface area contributed by atoms with Gasteiger partial charge in [0.15, 0.2) is 0 Å². The van der Waals surface area contributed by atoms with Crippen molar-refractivity contribution < 1.29 is 15.0 Å². The first-order valence-electron chi connectivity index (χ1n) is 6.67. The van der Waals surface area contributed by atoms with E-state index in [4.69, 9.17) is 0 Å². The molecular formula is C13H18N2O3. The lowest BCUT2D eigenvalue weighted by Crippen LogP contribution is -2.29. The van der Waals surface area contributed by atoms with Crippen molar-refractivity contribution in [2.24, 2.45) is 0 Å². The number of carbonyl (C=O) groups is 1. The molecule has 5 nitrogen and oxygen atoms in total. The predicted octanol–water partition coefficient (Wildman–Crippen LogP) is 1.93. The van der Waals surface area contributed by atoms with E-state index in [2.05, 4.69) is 5.10 Å². The minimum atomic E-state index is -0.909. The smallest absolute Gasteiger partial charge is 0.339 e. The Hall–Kier alpha value is -1.36. The SMILES string of the molecule is O=C(O)c1cnn(C2CCCCC2O)c1C1CC1. The zero-order chi connectivity index (χ0) is 12.7. The third-order valence-corrected chi connectivity index (χ3v) is 4.04. The van der Waals surface area contributed by atoms with Crippen molar-refractivity contribution in [2.75, 3.05) is 0 Å². The molecule has 0 aliphatic heterocycles. The van der Waals surface area contributed by atoms with Gasteiger partial charge in [0.05, 0.1) is 24.0 Å². The van der Waals surface area contributed by atoms with Gasteiger partial charge in [0.25, 0.3) is 0 Å². The van der Waals surface area contributed by atoms with Gasteiger partial charge < -0.3 is 10.2 Å². The molecule has 5 heteroatoms. The van der Waals surface area contributed by atoms with E-state index >= 15 is 0 Å². The Morgan fingerprint density at radius 1 is 1.28 bits per heavy atom. The van der Waals surface area contributed by atoms with E-state index in [1.807, 2.05) is 0 Å². The highest BCUT2D eigenvalue weighted by Crippen LogP contribution is 2.43. The molecule has 18 heavy (non-hydrogen) atoms. The van der Waals surface area contributed by atoms with Gasteiger partial charge in [0.1, 0.15) is 5.56 Å². The fourth-order valence-corrected chi connectivity index (χ4v) is 2.94. The van der Waals surface area contributed by atoms with E-state index in [9.17, 15) is 15.0 Å². The first-order valence-corrected chi connectivity index (χ1v) is 6.67. The van der Waals surface area contributed by atoms with Crippen LogP contribution in [-0.4, -0.2) is 32.1 Å². The van der Waals surface area contributed by atoms with Gasteiger partial charge in [-0.05, 0) is 25.7 Å². The second-order valence-corrected chi connectivity index (χ2v) is 5.39. The lowest BCUT2D eigenvalue weighted by Gasteiger charge is -2.29. The van der Waals surface area contributed by atoms with Crippen molar-refractivity contribution in [2.45, 2.75) is 56.6 Å². The molecule has 2 unspecified atom stereocenters. The summed E-state index contributed by atoms with van der Waals surface area (Å²) >= 11 is 0. The molecule has 0 aromatic carbocycles. The Bertz CT molecular complexity index is 465. The van der Waals surface area contributed by atoms with Gasteiger partial charge in [-0.3, -0.25) is 4.68 Å². The summed E-state index contributed by atoms with van der Waals surface area (Å²) in [5, 5.41) is 23.5. The van der Waals surface area contributed by atoms with Gasteiger partial charge in [-0.2, -0.15) is 5.10 Å². The van der Waals surface area contributed by atoms with Crippen LogP contribution >= 0.6 is 0 Å². The third kappa shape index (κ3) is 1.92. The molecule has 3 rings (SSSR count). The molecule has 2 N–H and O–H groups in total. The number of aliphatic hydroxyl groups is 1. The molecule has 0 radical (unpaired) electrons. The van der Waals surface area contributed by atoms with E-state index in [-0.39, 0.29) is 6.04 Å². The minimum Gasteiger partial charge on any atom is -0.478 e. The summed E-state index contributed by atoms with van der Waals surface area (Å²) in [7, 11) is 0. The summed E-state index contributed by atoms with van der Waals surface area (Å²) in [5.41, 5.74) is 1.14. The van der Waals surface area contributed by atoms with Gasteiger partial charge >= 0.3 is 5.97 Å². The number of hydrogen-bond acceptors (Lipinski definition) is 3. The molecule has 2 saturated carbocycles. The zero-order valence-corrected chi connectivity index (χ0v) is 10.2. The molecule has 0 saturated heterocycles. The topological polar surface area (TPSA) is 75.3 Å². The first-order chi connectivity index (χ1) is 8.68. The minimum absolute atomic E-state index is 0.0394. The van der Waals surface area contributed by atoms with E-state index < -0.39 is 12.1 Å². The Kier molecular flexibility index (Phi) is 2.86. The second-order valence-electron chi connectivity index (χ2n) is 5.39. The van der Waals surface area contributed by atoms with E-state index in [0.29, 0.717) is 11.5 Å². The average Bonchev–Trinajstić information content (AvgIpc) is 3.09. The number of carboxylic acid groups (broad SMARTS) is 1. The first kappa shape index (κ1) is 11.7. The molecule has 2 fully saturated rings. The van der Waals surface area contributed by atoms with E-state index in [0.717, 1.165) is 44.2 Å². The van der Waals surface area contributed by atoms with Gasteiger partial charge in [-0.1, -0.05) is 12.8 Å². The number of aromatic carboxylic acids is 1. The molecule has 2 aliphatic rings. The highest BCUT2D eigenvalue weighted by molar-refractivity contribution is 5.89. The summed E-state index contributed by atoms with van der Waals surface area (Å²) < 4.78 is 1.80. The lowest BCUT2D eigenvalue weighted by molar-refractivity contribution is 0.0659. The fourth-order valence-electron chi connectivity index (χ4n) is 2.94. The molecule has 98 valence electrons. The Morgan fingerprint density at radius 3 is 2.61 bits per heavy atom. The molecule has 1 aromatic heterocycles. The molecule has 1 heterocycles. The number of carboxylic acids is 1. The maximum absolute atomic E-state index is 11.2. The largest absolute Gasteiger partial charge is 0.478 e. The number of hydrogen-bond donors (Lipinski definition) is 2. The Morgan fingerprint density at radius 2 is 2.00 bits per heavy atom. The number of rotatable bonds is 3. The molecule has 0 amide bonds. The van der Waals surface area contributed by atoms with Crippen molar-refractivity contribution in [1.29, 1.82) is 0 Å². The normalized spacial score (nSPS) is 28.3. The van der Waals surface area contributed by atoms with Crippen LogP contribution in [0.2, 0.25) is 0 Å². The van der Waals surface area contributed by atoms with Gasteiger partial charge in [0, 0.05) is 5.92 Å². The Balaban J connectivity index is 1.98. The summed E-state index contributed by atoms with van der Waals surface area (Å²) in [6.07, 6.45) is 6.93. The summed E-state index contributed by atoms with van der Waals surface area (Å²) in [6, 6.07) is -0.0394. The van der Waals surface area contributed by atoms with Crippen LogP contribution in [0.4, 0.5) is 0 Å². The van der Waals surface area contributed by atoms with Gasteiger partial charge in [-0.15, -0.1) is 0 Å². The van der Waals surface area contributed by atoms with Gasteiger partial charge in [0.2, 0.25) is 0 Å². The van der Waals surface area contributed by atoms with Crippen LogP contribution in [-0.2, 0) is 0 Å². The van der Waals surface area contributed by atoms with Crippen molar-refractivity contribution in [3.05, 3.63) is 17.5 Å². The van der Waals surface area contributed by atoms with Crippen LogP contribution in [0.25, 0.3) is 0 Å². The van der Waals surface area contributed by atoms with Crippen LogP contribution in [0.3, 0.4) is 0 Å². The predicted molar refractivity (Wildman–Crippen MR) is 64.7 cm³/mol. The van der Waals surface area contributed by atoms with E-state index in [1.165, 1.54) is 6.20 Å². The third-order valence-electron chi connectivity index (χ3n) is 4.04. The summed E-state index contributed by atoms with van der Waals surface area (Å²) in [5.74, 6) is -0.582. The highest BCUT2D eigenvalue weighted by Gasteiger charge is 2.36. The quantitative estimate of drug-likeness (QED) is 0.859. The Labute approximate surface area is 105 Å². The van der Waals surface area contributed by atoms with Crippen molar-refractivity contribution >= 4 is 5.97 Å². The summed E-state index contributed by atoms with van der Waals surface area (Å²) in [4.78, 5) is 11.2. The molecule has 0 spiro atoms. The number of nitrogens with zero attached hydrogens (tertiary/aromatic N) is 2. The van der Waals surface area contributed by atoms with E-state index in [1.54, 1.807) is 4.68 Å². The van der Waals surface area contributed by atoms with Crippen molar-refractivity contribution in [1.82, 2.24) is 9.78 Å². The van der Waals surface area contributed by atoms with Crippen LogP contribution in [0, 0.1) is 0 Å². The highest BCUT2D eigenvalue weighted by atomic mass is 16.4. The molecule has 1 aromatic rings. The van der Waals surface area contributed by atoms with Crippen LogP contribution in [0.5, 0.6) is 0 Å². The van der Waals surface area contributed by atoms with Gasteiger partial charge in [-0.25, -0.2) is 4.79 Å². The average molecular weight is 250 g/mol. The lowest BCUT2D eigenvalue weighted by atomic mass is 9.92. The standard InChI is InChI=1S/C13H18N2O3/c16-11-4-2-1-3-10(11)15-12(8-5-6-8)9(7-14-15)13(17)18/h7-8,10-11,16H,1-6H2,(H,17,18). The van der Waals surface area contributed by atoms with Crippen LogP contribution in [0.1, 0.15) is 66.5 Å². The monoisotopic (exact) mass is 250 g/mol. The summed E-state index contributed by atoms with van der Waals surface area (Å²) in [6.45, 7) is 0. The maximum atomic E-state index is 11.2. The number of aliphatic hydroxyl groups excluding tert-OH is 1. The molecule has 2 aliphatic carbocycles. The molecule has 0 bridgehead atoms. The van der Waals surface area contributed by atoms with Crippen molar-refractivity contribution in [3.63, 3.8) is 0 Å². The van der Waals surface area contributed by atoms with Crippen LogP contribution in [0.15, 0.2) is 6.20 Å². The zero-order valence-electron chi connectivity index (χ0n) is 10.2. The second kappa shape index (κ2) is 4.39. The molecule has 2 atom stereocenters. The van der Waals surface area contributed by atoms with Crippen molar-refractivity contribution in [3.8, 4) is 0 Å². The number of aromatic nitrogens is 2. The maximum Gasteiger partial charge on any atom is 0.339 e. The molecular weight excluding hydrogens is 232 g/mol. The van der Waals surface area contributed by atoms with Crippen LogP contribution < -0.4 is 0 Å².